The number of nitrogens with zero attached hydrogens (tertiary/aromatic N) is 3. The zero-order valence-corrected chi connectivity index (χ0v) is 8.14. The van der Waals surface area contributed by atoms with E-state index in [1.165, 1.54) is 6.07 Å². The number of nitrogens with one attached hydrogen (secondary N) is 1. The number of carboxylic acids is 1. The zero-order valence-electron chi connectivity index (χ0n) is 8.14. The normalized spacial score (nSPS) is 10.5. The van der Waals surface area contributed by atoms with Crippen molar-refractivity contribution in [2.75, 3.05) is 0 Å². The molecule has 6 heteroatoms. The van der Waals surface area contributed by atoms with Crippen LogP contribution in [0.15, 0.2) is 18.3 Å². The van der Waals surface area contributed by atoms with E-state index in [1.54, 1.807) is 10.7 Å². The first kappa shape index (κ1) is 9.45. The van der Waals surface area contributed by atoms with Gasteiger partial charge in [0.25, 0.3) is 0 Å². The van der Waals surface area contributed by atoms with Crippen molar-refractivity contribution in [2.24, 2.45) is 0 Å². The quantitative estimate of drug-likeness (QED) is 0.784. The molecule has 2 aromatic heterocycles. The monoisotopic (exact) mass is 206 g/mol. The number of carboxylic acid groups (broad SMARTS) is 1. The van der Waals surface area contributed by atoms with Gasteiger partial charge in [-0.25, -0.2) is 4.79 Å². The molecule has 0 aliphatic rings. The predicted octanol–water partition coefficient (Wildman–Crippen LogP) is 0.991. The Labute approximate surface area is 85.5 Å². The molecule has 0 fully saturated rings. The third kappa shape index (κ3) is 1.74. The molecule has 2 heterocycles. The van der Waals surface area contributed by atoms with Crippen molar-refractivity contribution in [1.82, 2.24) is 20.0 Å². The summed E-state index contributed by atoms with van der Waals surface area (Å²) in [7, 11) is 0. The Balaban J connectivity index is 2.32. The van der Waals surface area contributed by atoms with Gasteiger partial charge in [0.05, 0.1) is 0 Å². The summed E-state index contributed by atoms with van der Waals surface area (Å²) in [4.78, 5) is 10.6. The highest BCUT2D eigenvalue weighted by molar-refractivity contribution is 5.86. The van der Waals surface area contributed by atoms with Crippen molar-refractivity contribution >= 4 is 5.97 Å². The molecule has 0 radical (unpaired) electrons. The molecular formula is C9H10N4O2. The van der Waals surface area contributed by atoms with Crippen LogP contribution in [-0.4, -0.2) is 31.1 Å². The SMILES string of the molecule is CCn1ccc(-c2cc(C(=O)O)[nH]n2)n1. The van der Waals surface area contributed by atoms with Crippen LogP contribution in [0, 0.1) is 0 Å². The summed E-state index contributed by atoms with van der Waals surface area (Å²) >= 11 is 0. The Morgan fingerprint density at radius 1 is 1.60 bits per heavy atom. The average molecular weight is 206 g/mol. The van der Waals surface area contributed by atoms with Crippen LogP contribution in [0.4, 0.5) is 0 Å². The van der Waals surface area contributed by atoms with E-state index in [4.69, 9.17) is 5.11 Å². The summed E-state index contributed by atoms with van der Waals surface area (Å²) in [6.45, 7) is 2.75. The van der Waals surface area contributed by atoms with Crippen LogP contribution in [-0.2, 0) is 6.54 Å². The first-order valence-electron chi connectivity index (χ1n) is 4.53. The number of aromatic nitrogens is 4. The standard InChI is InChI=1S/C9H10N4O2/c1-2-13-4-3-6(12-13)7-5-8(9(14)15)11-10-7/h3-5H,2H2,1H3,(H,10,11)(H,14,15). The van der Waals surface area contributed by atoms with E-state index in [-0.39, 0.29) is 5.69 Å². The predicted molar refractivity (Wildman–Crippen MR) is 52.4 cm³/mol. The van der Waals surface area contributed by atoms with Gasteiger partial charge >= 0.3 is 5.97 Å². The molecule has 15 heavy (non-hydrogen) atoms. The minimum atomic E-state index is -1.02. The first-order chi connectivity index (χ1) is 7.20. The van der Waals surface area contributed by atoms with Crippen LogP contribution < -0.4 is 0 Å². The second kappa shape index (κ2) is 3.56. The van der Waals surface area contributed by atoms with E-state index in [9.17, 15) is 4.79 Å². The van der Waals surface area contributed by atoms with Gasteiger partial charge in [-0.05, 0) is 13.0 Å². The molecule has 0 amide bonds. The fourth-order valence-electron chi connectivity index (χ4n) is 1.24. The number of hydrogen-bond acceptors (Lipinski definition) is 3. The molecule has 0 aliphatic heterocycles. The number of aromatic carboxylic acids is 1. The van der Waals surface area contributed by atoms with Crippen molar-refractivity contribution in [2.45, 2.75) is 13.5 Å². The summed E-state index contributed by atoms with van der Waals surface area (Å²) in [5.74, 6) is -1.02. The smallest absolute Gasteiger partial charge is 0.353 e. The number of aryl methyl sites for hydroxylation is 1. The van der Waals surface area contributed by atoms with Crippen molar-refractivity contribution < 1.29 is 9.90 Å². The van der Waals surface area contributed by atoms with Gasteiger partial charge in [0, 0.05) is 18.8 Å². The van der Waals surface area contributed by atoms with Gasteiger partial charge in [-0.15, -0.1) is 0 Å². The summed E-state index contributed by atoms with van der Waals surface area (Å²) in [6, 6.07) is 3.26. The lowest BCUT2D eigenvalue weighted by molar-refractivity contribution is 0.0690. The van der Waals surface area contributed by atoms with Crippen LogP contribution in [0.1, 0.15) is 17.4 Å². The maximum atomic E-state index is 10.6. The van der Waals surface area contributed by atoms with E-state index >= 15 is 0 Å². The molecule has 78 valence electrons. The molecule has 0 aliphatic carbocycles. The number of H-pyrrole nitrogens is 1. The molecule has 2 aromatic rings. The van der Waals surface area contributed by atoms with E-state index in [1.807, 2.05) is 13.1 Å². The molecular weight excluding hydrogens is 196 g/mol. The molecule has 0 atom stereocenters. The third-order valence-electron chi connectivity index (χ3n) is 2.04. The zero-order chi connectivity index (χ0) is 10.8. The summed E-state index contributed by atoms with van der Waals surface area (Å²) < 4.78 is 1.75. The molecule has 0 unspecified atom stereocenters. The van der Waals surface area contributed by atoms with E-state index in [0.29, 0.717) is 11.4 Å². The Hall–Kier alpha value is -2.11. The highest BCUT2D eigenvalue weighted by atomic mass is 16.4. The molecule has 0 saturated carbocycles. The van der Waals surface area contributed by atoms with Crippen LogP contribution in [0.25, 0.3) is 11.4 Å². The largest absolute Gasteiger partial charge is 0.477 e. The van der Waals surface area contributed by atoms with Crippen LogP contribution in [0.5, 0.6) is 0 Å². The Morgan fingerprint density at radius 3 is 2.93 bits per heavy atom. The van der Waals surface area contributed by atoms with Crippen molar-refractivity contribution in [3.8, 4) is 11.4 Å². The van der Waals surface area contributed by atoms with E-state index in [2.05, 4.69) is 15.3 Å². The first-order valence-corrected chi connectivity index (χ1v) is 4.53. The van der Waals surface area contributed by atoms with Gasteiger partial charge in [-0.3, -0.25) is 9.78 Å². The second-order valence-corrected chi connectivity index (χ2v) is 3.03. The highest BCUT2D eigenvalue weighted by Crippen LogP contribution is 2.14. The Kier molecular flexibility index (Phi) is 2.24. The minimum absolute atomic E-state index is 0.0658. The summed E-state index contributed by atoms with van der Waals surface area (Å²) in [5, 5.41) is 19.2. The summed E-state index contributed by atoms with van der Waals surface area (Å²) in [6.07, 6.45) is 1.82. The second-order valence-electron chi connectivity index (χ2n) is 3.03. The molecule has 0 saturated heterocycles. The van der Waals surface area contributed by atoms with Crippen molar-refractivity contribution in [3.05, 3.63) is 24.0 Å². The van der Waals surface area contributed by atoms with E-state index in [0.717, 1.165) is 6.54 Å². The lowest BCUT2D eigenvalue weighted by Crippen LogP contribution is -1.95. The molecule has 2 N–H and O–H groups in total. The van der Waals surface area contributed by atoms with Gasteiger partial charge < -0.3 is 5.11 Å². The van der Waals surface area contributed by atoms with Crippen LogP contribution in [0.2, 0.25) is 0 Å². The average Bonchev–Trinajstić information content (AvgIpc) is 2.86. The van der Waals surface area contributed by atoms with Gasteiger partial charge in [0.15, 0.2) is 0 Å². The van der Waals surface area contributed by atoms with Crippen molar-refractivity contribution in [1.29, 1.82) is 0 Å². The minimum Gasteiger partial charge on any atom is -0.477 e. The molecule has 2 rings (SSSR count). The maximum absolute atomic E-state index is 10.6. The van der Waals surface area contributed by atoms with Gasteiger partial charge in [-0.2, -0.15) is 10.2 Å². The number of carbonyl (C=O) groups is 1. The number of aromatic amines is 1. The molecule has 0 bridgehead atoms. The van der Waals surface area contributed by atoms with Crippen molar-refractivity contribution in [3.63, 3.8) is 0 Å². The van der Waals surface area contributed by atoms with Gasteiger partial charge in [0.1, 0.15) is 17.1 Å². The molecule has 0 aromatic carbocycles. The topological polar surface area (TPSA) is 83.8 Å². The maximum Gasteiger partial charge on any atom is 0.353 e. The fraction of sp³-hybridized carbons (Fsp3) is 0.222. The fourth-order valence-corrected chi connectivity index (χ4v) is 1.24. The number of rotatable bonds is 3. The Bertz CT molecular complexity index is 486. The lowest BCUT2D eigenvalue weighted by Gasteiger charge is -1.91. The molecule has 6 nitrogen and oxygen atoms in total. The van der Waals surface area contributed by atoms with Gasteiger partial charge in [-0.1, -0.05) is 0 Å². The van der Waals surface area contributed by atoms with Gasteiger partial charge in [0.2, 0.25) is 0 Å². The Morgan fingerprint density at radius 2 is 2.40 bits per heavy atom. The summed E-state index contributed by atoms with van der Waals surface area (Å²) in [5.41, 5.74) is 1.27. The van der Waals surface area contributed by atoms with Crippen LogP contribution in [0.3, 0.4) is 0 Å². The highest BCUT2D eigenvalue weighted by Gasteiger charge is 2.10. The van der Waals surface area contributed by atoms with Crippen LogP contribution >= 0.6 is 0 Å². The third-order valence-corrected chi connectivity index (χ3v) is 2.04. The number of hydrogen-bond donors (Lipinski definition) is 2. The van der Waals surface area contributed by atoms with E-state index < -0.39 is 5.97 Å². The molecule has 0 spiro atoms. The lowest BCUT2D eigenvalue weighted by atomic mass is 10.3.